The Balaban J connectivity index is 0.00000363. The second kappa shape index (κ2) is 12.2. The molecule has 2 aromatic rings. The van der Waals surface area contributed by atoms with Gasteiger partial charge in [-0.15, -0.1) is 24.0 Å². The van der Waals surface area contributed by atoms with Crippen LogP contribution in [0.5, 0.6) is 0 Å². The summed E-state index contributed by atoms with van der Waals surface area (Å²) in [6, 6.07) is 10.8. The van der Waals surface area contributed by atoms with E-state index in [0.29, 0.717) is 56.5 Å². The van der Waals surface area contributed by atoms with Crippen molar-refractivity contribution in [2.75, 3.05) is 44.8 Å². The Morgan fingerprint density at radius 3 is 2.44 bits per heavy atom. The van der Waals surface area contributed by atoms with Crippen molar-refractivity contribution < 1.29 is 22.3 Å². The molecule has 0 radical (unpaired) electrons. The van der Waals surface area contributed by atoms with Gasteiger partial charge in [0.1, 0.15) is 5.82 Å². The van der Waals surface area contributed by atoms with Crippen LogP contribution in [0, 0.1) is 5.82 Å². The molecule has 176 valence electrons. The SMILES string of the molecule is CN=C(NCCc1ccccc1F)NCc1ccc(N2CCOCC2)cc1C(F)(F)F.I. The van der Waals surface area contributed by atoms with Gasteiger partial charge in [-0.3, -0.25) is 4.99 Å². The normalized spacial score (nSPS) is 14.7. The molecule has 0 aliphatic carbocycles. The van der Waals surface area contributed by atoms with Crippen LogP contribution in [-0.2, 0) is 23.9 Å². The van der Waals surface area contributed by atoms with Crippen LogP contribution in [0.3, 0.4) is 0 Å². The van der Waals surface area contributed by atoms with Gasteiger partial charge < -0.3 is 20.3 Å². The Kier molecular flexibility index (Phi) is 10.0. The first kappa shape index (κ1) is 26.2. The molecule has 1 heterocycles. The van der Waals surface area contributed by atoms with Gasteiger partial charge in [-0.05, 0) is 35.7 Å². The number of guanidine groups is 1. The maximum absolute atomic E-state index is 13.7. The highest BCUT2D eigenvalue weighted by molar-refractivity contribution is 14.0. The molecule has 5 nitrogen and oxygen atoms in total. The van der Waals surface area contributed by atoms with Gasteiger partial charge in [0.15, 0.2) is 5.96 Å². The zero-order chi connectivity index (χ0) is 22.3. The van der Waals surface area contributed by atoms with Crippen LogP contribution in [0.15, 0.2) is 47.5 Å². The molecule has 2 aromatic carbocycles. The predicted molar refractivity (Wildman–Crippen MR) is 128 cm³/mol. The van der Waals surface area contributed by atoms with E-state index in [9.17, 15) is 17.6 Å². The molecule has 0 atom stereocenters. The second-order valence-corrected chi connectivity index (χ2v) is 7.13. The summed E-state index contributed by atoms with van der Waals surface area (Å²) in [6.07, 6.45) is -4.05. The van der Waals surface area contributed by atoms with Crippen LogP contribution in [0.25, 0.3) is 0 Å². The smallest absolute Gasteiger partial charge is 0.378 e. The quantitative estimate of drug-likeness (QED) is 0.238. The number of nitrogens with zero attached hydrogens (tertiary/aromatic N) is 2. The third-order valence-electron chi connectivity index (χ3n) is 5.09. The van der Waals surface area contributed by atoms with Crippen molar-refractivity contribution >= 4 is 35.6 Å². The van der Waals surface area contributed by atoms with Crippen LogP contribution in [0.2, 0.25) is 0 Å². The van der Waals surface area contributed by atoms with E-state index >= 15 is 0 Å². The summed E-state index contributed by atoms with van der Waals surface area (Å²) in [5.74, 6) is 0.0594. The number of ether oxygens (including phenoxy) is 1. The molecule has 1 saturated heterocycles. The Labute approximate surface area is 202 Å². The first-order valence-electron chi connectivity index (χ1n) is 10.1. The van der Waals surface area contributed by atoms with Crippen LogP contribution < -0.4 is 15.5 Å². The Bertz CT molecular complexity index is 902. The molecular weight excluding hydrogens is 539 g/mol. The van der Waals surface area contributed by atoms with Crippen LogP contribution in [0.1, 0.15) is 16.7 Å². The molecular formula is C22H27F4IN4O. The Hall–Kier alpha value is -2.08. The van der Waals surface area contributed by atoms with Crippen molar-refractivity contribution in [2.45, 2.75) is 19.1 Å². The topological polar surface area (TPSA) is 48.9 Å². The van der Waals surface area contributed by atoms with Crippen molar-refractivity contribution in [1.29, 1.82) is 0 Å². The average Bonchev–Trinajstić information content (AvgIpc) is 2.77. The maximum Gasteiger partial charge on any atom is 0.416 e. The summed E-state index contributed by atoms with van der Waals surface area (Å²) in [4.78, 5) is 5.92. The lowest BCUT2D eigenvalue weighted by Crippen LogP contribution is -2.38. The molecule has 2 N–H and O–H groups in total. The van der Waals surface area contributed by atoms with E-state index < -0.39 is 11.7 Å². The number of anilines is 1. The third-order valence-corrected chi connectivity index (χ3v) is 5.09. The van der Waals surface area contributed by atoms with Gasteiger partial charge in [0.05, 0.1) is 18.8 Å². The van der Waals surface area contributed by atoms with E-state index in [1.165, 1.54) is 25.2 Å². The van der Waals surface area contributed by atoms with Gasteiger partial charge in [-0.1, -0.05) is 24.3 Å². The third kappa shape index (κ3) is 7.22. The molecule has 0 spiro atoms. The molecule has 0 amide bonds. The highest BCUT2D eigenvalue weighted by atomic mass is 127. The van der Waals surface area contributed by atoms with E-state index in [4.69, 9.17) is 4.74 Å². The van der Waals surface area contributed by atoms with E-state index in [-0.39, 0.29) is 41.9 Å². The molecule has 0 bridgehead atoms. The molecule has 0 unspecified atom stereocenters. The lowest BCUT2D eigenvalue weighted by Gasteiger charge is -2.29. The van der Waals surface area contributed by atoms with Crippen molar-refractivity contribution in [3.63, 3.8) is 0 Å². The van der Waals surface area contributed by atoms with E-state index in [2.05, 4.69) is 15.6 Å². The molecule has 0 saturated carbocycles. The average molecular weight is 566 g/mol. The fourth-order valence-corrected chi connectivity index (χ4v) is 3.42. The number of morpholine rings is 1. The predicted octanol–water partition coefficient (Wildman–Crippen LogP) is 4.21. The summed E-state index contributed by atoms with van der Waals surface area (Å²) in [5.41, 5.74) is 0.544. The maximum atomic E-state index is 13.7. The monoisotopic (exact) mass is 566 g/mol. The number of rotatable bonds is 6. The Morgan fingerprint density at radius 1 is 1.06 bits per heavy atom. The summed E-state index contributed by atoms with van der Waals surface area (Å²) in [7, 11) is 1.53. The summed E-state index contributed by atoms with van der Waals surface area (Å²) in [6.45, 7) is 2.47. The summed E-state index contributed by atoms with van der Waals surface area (Å²) in [5, 5.41) is 5.92. The fraction of sp³-hybridized carbons (Fsp3) is 0.409. The van der Waals surface area contributed by atoms with Crippen LogP contribution >= 0.6 is 24.0 Å². The van der Waals surface area contributed by atoms with E-state index in [0.717, 1.165) is 0 Å². The minimum absolute atomic E-state index is 0. The molecule has 32 heavy (non-hydrogen) atoms. The van der Waals surface area contributed by atoms with Crippen molar-refractivity contribution in [2.24, 2.45) is 4.99 Å². The van der Waals surface area contributed by atoms with Gasteiger partial charge in [0.25, 0.3) is 0 Å². The number of aliphatic imine (C=N–C) groups is 1. The Morgan fingerprint density at radius 2 is 1.78 bits per heavy atom. The number of hydrogen-bond donors (Lipinski definition) is 2. The zero-order valence-electron chi connectivity index (χ0n) is 17.7. The molecule has 10 heteroatoms. The highest BCUT2D eigenvalue weighted by Gasteiger charge is 2.34. The van der Waals surface area contributed by atoms with Gasteiger partial charge >= 0.3 is 6.18 Å². The number of nitrogens with one attached hydrogen (secondary N) is 2. The zero-order valence-corrected chi connectivity index (χ0v) is 20.0. The molecule has 1 aliphatic rings. The first-order valence-corrected chi connectivity index (χ1v) is 10.1. The van der Waals surface area contributed by atoms with Crippen LogP contribution in [0.4, 0.5) is 23.2 Å². The standard InChI is InChI=1S/C22H26F4N4O.HI/c1-27-21(28-9-8-16-4-2-3-5-20(16)23)29-15-17-6-7-18(14-19(17)22(24,25)26)30-10-12-31-13-11-30;/h2-7,14H,8-13,15H2,1H3,(H2,27,28,29);1H. The largest absolute Gasteiger partial charge is 0.416 e. The molecule has 1 fully saturated rings. The van der Waals surface area contributed by atoms with Gasteiger partial charge in [0.2, 0.25) is 0 Å². The number of alkyl halides is 3. The summed E-state index contributed by atoms with van der Waals surface area (Å²) < 4.78 is 60.0. The first-order chi connectivity index (χ1) is 14.9. The highest BCUT2D eigenvalue weighted by Crippen LogP contribution is 2.35. The fourth-order valence-electron chi connectivity index (χ4n) is 3.42. The van der Waals surface area contributed by atoms with Crippen molar-refractivity contribution in [3.05, 3.63) is 65.0 Å². The van der Waals surface area contributed by atoms with E-state index in [1.54, 1.807) is 24.3 Å². The lowest BCUT2D eigenvalue weighted by atomic mass is 10.0. The van der Waals surface area contributed by atoms with E-state index in [1.807, 2.05) is 4.90 Å². The number of benzene rings is 2. The minimum Gasteiger partial charge on any atom is -0.378 e. The van der Waals surface area contributed by atoms with Crippen molar-refractivity contribution in [1.82, 2.24) is 10.6 Å². The van der Waals surface area contributed by atoms with Gasteiger partial charge in [-0.25, -0.2) is 4.39 Å². The lowest BCUT2D eigenvalue weighted by molar-refractivity contribution is -0.138. The minimum atomic E-state index is -4.47. The second-order valence-electron chi connectivity index (χ2n) is 7.13. The molecule has 1 aliphatic heterocycles. The summed E-state index contributed by atoms with van der Waals surface area (Å²) >= 11 is 0. The van der Waals surface area contributed by atoms with Crippen LogP contribution in [-0.4, -0.2) is 45.9 Å². The van der Waals surface area contributed by atoms with Crippen molar-refractivity contribution in [3.8, 4) is 0 Å². The number of halogens is 5. The number of hydrogen-bond acceptors (Lipinski definition) is 3. The van der Waals surface area contributed by atoms with Gasteiger partial charge in [-0.2, -0.15) is 13.2 Å². The molecule has 3 rings (SSSR count). The van der Waals surface area contributed by atoms with Gasteiger partial charge in [0, 0.05) is 38.9 Å². The molecule has 0 aromatic heterocycles.